The van der Waals surface area contributed by atoms with E-state index < -0.39 is 17.6 Å². The molecule has 0 amide bonds. The fourth-order valence-corrected chi connectivity index (χ4v) is 2.43. The second-order valence-corrected chi connectivity index (χ2v) is 5.23. The molecule has 1 heterocycles. The van der Waals surface area contributed by atoms with Crippen LogP contribution >= 0.6 is 0 Å². The third-order valence-corrected chi connectivity index (χ3v) is 3.83. The Morgan fingerprint density at radius 3 is 2.33 bits per heavy atom. The molecule has 0 radical (unpaired) electrons. The zero-order chi connectivity index (χ0) is 15.0. The van der Waals surface area contributed by atoms with Gasteiger partial charge in [0.15, 0.2) is 0 Å². The molecular weight excluding hydrogens is 281 g/mol. The number of alkyl halides is 3. The topological polar surface area (TPSA) is 45.8 Å². The van der Waals surface area contributed by atoms with Gasteiger partial charge in [-0.15, -0.1) is 0 Å². The van der Waals surface area contributed by atoms with Crippen LogP contribution in [-0.4, -0.2) is 9.97 Å². The fourth-order valence-electron chi connectivity index (χ4n) is 2.43. The molecule has 0 bridgehead atoms. The molecule has 0 unspecified atom stereocenters. The number of nitrogens with one attached hydrogen (secondary N) is 1. The normalized spacial score (nSPS) is 15.8. The number of aromatic amines is 1. The highest BCUT2D eigenvalue weighted by molar-refractivity contribution is 5.59. The number of rotatable bonds is 2. The molecule has 1 N–H and O–H groups in total. The minimum atomic E-state index is -4.59. The first-order valence-corrected chi connectivity index (χ1v) is 6.72. The van der Waals surface area contributed by atoms with Crippen LogP contribution in [0.4, 0.5) is 13.2 Å². The molecule has 0 aliphatic heterocycles. The summed E-state index contributed by atoms with van der Waals surface area (Å²) in [6.07, 6.45) is -1.07. The summed E-state index contributed by atoms with van der Waals surface area (Å²) in [4.78, 5) is 16.6. The van der Waals surface area contributed by atoms with Crippen LogP contribution in [0.25, 0.3) is 11.3 Å². The van der Waals surface area contributed by atoms with Gasteiger partial charge in [0, 0.05) is 5.56 Å². The maximum absolute atomic E-state index is 12.7. The Bertz CT molecular complexity index is 700. The Labute approximate surface area is 118 Å². The molecule has 1 aliphatic rings. The van der Waals surface area contributed by atoms with Gasteiger partial charge >= 0.3 is 11.9 Å². The van der Waals surface area contributed by atoms with E-state index in [0.717, 1.165) is 18.9 Å². The lowest BCUT2D eigenvalue weighted by molar-refractivity contribution is -0.141. The lowest BCUT2D eigenvalue weighted by Gasteiger charge is -2.25. The highest BCUT2D eigenvalue weighted by Gasteiger charge is 2.32. The maximum Gasteiger partial charge on any atom is 0.431 e. The van der Waals surface area contributed by atoms with Gasteiger partial charge in [0.25, 0.3) is 0 Å². The van der Waals surface area contributed by atoms with Crippen LogP contribution in [0.15, 0.2) is 35.1 Å². The van der Waals surface area contributed by atoms with E-state index in [2.05, 4.69) is 4.98 Å². The molecule has 6 heteroatoms. The average molecular weight is 294 g/mol. The van der Waals surface area contributed by atoms with E-state index in [1.54, 1.807) is 17.1 Å². The molecule has 1 aromatic carbocycles. The summed E-state index contributed by atoms with van der Waals surface area (Å²) in [7, 11) is 0. The van der Waals surface area contributed by atoms with E-state index in [4.69, 9.17) is 0 Å². The summed E-state index contributed by atoms with van der Waals surface area (Å²) < 4.78 is 38.1. The first kappa shape index (κ1) is 13.9. The van der Waals surface area contributed by atoms with E-state index in [9.17, 15) is 18.0 Å². The Morgan fingerprint density at radius 1 is 1.14 bits per heavy atom. The molecule has 1 saturated carbocycles. The average Bonchev–Trinajstić information content (AvgIpc) is 2.36. The Balaban J connectivity index is 1.96. The molecule has 2 aromatic rings. The van der Waals surface area contributed by atoms with Crippen molar-refractivity contribution in [1.29, 1.82) is 0 Å². The van der Waals surface area contributed by atoms with Crippen molar-refractivity contribution < 1.29 is 13.2 Å². The van der Waals surface area contributed by atoms with Gasteiger partial charge in [0.05, 0.1) is 5.69 Å². The lowest BCUT2D eigenvalue weighted by atomic mass is 9.80. The first-order valence-electron chi connectivity index (χ1n) is 6.72. The second-order valence-electron chi connectivity index (χ2n) is 5.23. The van der Waals surface area contributed by atoms with Gasteiger partial charge in [-0.25, -0.2) is 4.79 Å². The maximum atomic E-state index is 12.7. The monoisotopic (exact) mass is 294 g/mol. The Hall–Kier alpha value is -2.11. The molecule has 1 fully saturated rings. The zero-order valence-corrected chi connectivity index (χ0v) is 11.1. The quantitative estimate of drug-likeness (QED) is 0.917. The van der Waals surface area contributed by atoms with Gasteiger partial charge in [-0.05, 0) is 30.4 Å². The molecule has 1 aliphatic carbocycles. The summed E-state index contributed by atoms with van der Waals surface area (Å²) in [6.45, 7) is 0. The van der Waals surface area contributed by atoms with E-state index in [-0.39, 0.29) is 5.69 Å². The van der Waals surface area contributed by atoms with Crippen LogP contribution in [0, 0.1) is 0 Å². The van der Waals surface area contributed by atoms with Crippen LogP contribution in [0.3, 0.4) is 0 Å². The molecule has 3 nitrogen and oxygen atoms in total. The summed E-state index contributed by atoms with van der Waals surface area (Å²) in [5.41, 5.74) is -0.352. The van der Waals surface area contributed by atoms with Gasteiger partial charge in [0.1, 0.15) is 5.69 Å². The molecule has 3 rings (SSSR count). The van der Waals surface area contributed by atoms with E-state index >= 15 is 0 Å². The number of hydrogen-bond donors (Lipinski definition) is 1. The molecular formula is C15H13F3N2O. The van der Waals surface area contributed by atoms with Crippen molar-refractivity contribution in [1.82, 2.24) is 9.97 Å². The SMILES string of the molecule is O=c1nc(-c2ccc(C3CCC3)cc2)cc(C(F)(F)F)[nH]1. The molecule has 21 heavy (non-hydrogen) atoms. The first-order chi connectivity index (χ1) is 9.93. The predicted molar refractivity (Wildman–Crippen MR) is 71.9 cm³/mol. The number of benzene rings is 1. The number of H-pyrrole nitrogens is 1. The Kier molecular flexibility index (Phi) is 3.31. The van der Waals surface area contributed by atoms with Crippen LogP contribution in [0.1, 0.15) is 36.4 Å². The van der Waals surface area contributed by atoms with Crippen LogP contribution < -0.4 is 5.69 Å². The van der Waals surface area contributed by atoms with Gasteiger partial charge in [-0.3, -0.25) is 0 Å². The van der Waals surface area contributed by atoms with Crippen LogP contribution in [0.2, 0.25) is 0 Å². The fraction of sp³-hybridized carbons (Fsp3) is 0.333. The van der Waals surface area contributed by atoms with E-state index in [0.29, 0.717) is 11.5 Å². The van der Waals surface area contributed by atoms with Crippen molar-refractivity contribution in [3.8, 4) is 11.3 Å². The van der Waals surface area contributed by atoms with E-state index in [1.807, 2.05) is 12.1 Å². The molecule has 0 saturated heterocycles. The molecule has 0 spiro atoms. The van der Waals surface area contributed by atoms with Gasteiger partial charge in [-0.2, -0.15) is 18.2 Å². The van der Waals surface area contributed by atoms with Crippen molar-refractivity contribution in [2.75, 3.05) is 0 Å². The van der Waals surface area contributed by atoms with Crippen LogP contribution in [-0.2, 0) is 6.18 Å². The summed E-state index contributed by atoms with van der Waals surface area (Å²) in [5, 5.41) is 0. The van der Waals surface area contributed by atoms with E-state index in [1.165, 1.54) is 12.0 Å². The van der Waals surface area contributed by atoms with Gasteiger partial charge in [0.2, 0.25) is 0 Å². The number of nitrogens with zero attached hydrogens (tertiary/aromatic N) is 1. The second kappa shape index (κ2) is 5.02. The summed E-state index contributed by atoms with van der Waals surface area (Å²) in [6, 6.07) is 8.09. The van der Waals surface area contributed by atoms with Crippen LogP contribution in [0.5, 0.6) is 0 Å². The highest BCUT2D eigenvalue weighted by Crippen LogP contribution is 2.37. The molecule has 0 atom stereocenters. The minimum absolute atomic E-state index is 0.0336. The highest BCUT2D eigenvalue weighted by atomic mass is 19.4. The minimum Gasteiger partial charge on any atom is -0.302 e. The third-order valence-electron chi connectivity index (χ3n) is 3.83. The predicted octanol–water partition coefficient (Wildman–Crippen LogP) is 3.72. The van der Waals surface area contributed by atoms with Gasteiger partial charge in [-0.1, -0.05) is 30.7 Å². The summed E-state index contributed by atoms with van der Waals surface area (Å²) >= 11 is 0. The Morgan fingerprint density at radius 2 is 1.81 bits per heavy atom. The number of hydrogen-bond acceptors (Lipinski definition) is 2. The zero-order valence-electron chi connectivity index (χ0n) is 11.1. The van der Waals surface area contributed by atoms with Crippen molar-refractivity contribution in [2.45, 2.75) is 31.4 Å². The molecule has 110 valence electrons. The van der Waals surface area contributed by atoms with Crippen molar-refractivity contribution in [3.63, 3.8) is 0 Å². The van der Waals surface area contributed by atoms with Crippen molar-refractivity contribution >= 4 is 0 Å². The lowest BCUT2D eigenvalue weighted by Crippen LogP contribution is -2.19. The van der Waals surface area contributed by atoms with Gasteiger partial charge < -0.3 is 4.98 Å². The van der Waals surface area contributed by atoms with Crippen molar-refractivity contribution in [2.24, 2.45) is 0 Å². The standard InChI is InChI=1S/C15H13F3N2O/c16-15(17,18)13-8-12(19-14(21)20-13)11-6-4-10(5-7-11)9-2-1-3-9/h4-9H,1-3H2,(H,19,20,21). The smallest absolute Gasteiger partial charge is 0.302 e. The number of aromatic nitrogens is 2. The third kappa shape index (κ3) is 2.84. The summed E-state index contributed by atoms with van der Waals surface area (Å²) in [5.74, 6) is 0.553. The molecule has 1 aromatic heterocycles. The van der Waals surface area contributed by atoms with Crippen molar-refractivity contribution in [3.05, 3.63) is 52.1 Å². The largest absolute Gasteiger partial charge is 0.431 e. The number of halogens is 3.